The van der Waals surface area contributed by atoms with Crippen LogP contribution in [0.2, 0.25) is 0 Å². The molecule has 0 heterocycles. The predicted octanol–water partition coefficient (Wildman–Crippen LogP) is 1.33. The van der Waals surface area contributed by atoms with Gasteiger partial charge >= 0.3 is 5.97 Å². The van der Waals surface area contributed by atoms with Crippen LogP contribution in [0.25, 0.3) is 0 Å². The second-order valence-corrected chi connectivity index (χ2v) is 2.10. The van der Waals surface area contributed by atoms with Gasteiger partial charge in [0.25, 0.3) is 0 Å². The standard InChI is InChI=1S/C7H13NO2/c1-3-8-6(2)4-5-7(9)10/h3-5H2,1-2H3,(H,9,10). The van der Waals surface area contributed by atoms with Crippen LogP contribution in [0.1, 0.15) is 26.7 Å². The van der Waals surface area contributed by atoms with Gasteiger partial charge in [-0.25, -0.2) is 0 Å². The average molecular weight is 143 g/mol. The highest BCUT2D eigenvalue weighted by atomic mass is 16.4. The van der Waals surface area contributed by atoms with Gasteiger partial charge in [-0.3, -0.25) is 9.79 Å². The molecule has 0 saturated heterocycles. The Hall–Kier alpha value is -0.860. The van der Waals surface area contributed by atoms with Crippen molar-refractivity contribution in [2.45, 2.75) is 26.7 Å². The molecule has 10 heavy (non-hydrogen) atoms. The number of carboxylic acid groups (broad SMARTS) is 1. The summed E-state index contributed by atoms with van der Waals surface area (Å²) in [5.74, 6) is -0.759. The Balaban J connectivity index is 3.48. The number of aliphatic imine (C=N–C) groups is 1. The monoisotopic (exact) mass is 143 g/mol. The molecule has 0 bridgehead atoms. The van der Waals surface area contributed by atoms with Crippen molar-refractivity contribution in [2.24, 2.45) is 4.99 Å². The summed E-state index contributed by atoms with van der Waals surface area (Å²) >= 11 is 0. The Morgan fingerprint density at radius 3 is 2.50 bits per heavy atom. The third-order valence-electron chi connectivity index (χ3n) is 1.13. The molecule has 0 rings (SSSR count). The van der Waals surface area contributed by atoms with Crippen molar-refractivity contribution in [1.29, 1.82) is 0 Å². The maximum absolute atomic E-state index is 10.1. The minimum atomic E-state index is -0.759. The molecular weight excluding hydrogens is 130 g/mol. The Morgan fingerprint density at radius 2 is 2.10 bits per heavy atom. The molecule has 0 unspecified atom stereocenters. The summed E-state index contributed by atoms with van der Waals surface area (Å²) in [6, 6.07) is 0. The van der Waals surface area contributed by atoms with E-state index in [4.69, 9.17) is 5.11 Å². The third kappa shape index (κ3) is 5.28. The molecule has 0 aliphatic rings. The van der Waals surface area contributed by atoms with Gasteiger partial charge in [0.2, 0.25) is 0 Å². The summed E-state index contributed by atoms with van der Waals surface area (Å²) < 4.78 is 0. The number of nitrogens with zero attached hydrogens (tertiary/aromatic N) is 1. The first-order valence-corrected chi connectivity index (χ1v) is 3.38. The fourth-order valence-corrected chi connectivity index (χ4v) is 0.637. The normalized spacial score (nSPS) is 11.6. The SMILES string of the molecule is CCN=C(C)CCC(=O)O. The van der Waals surface area contributed by atoms with Crippen LogP contribution in [0.5, 0.6) is 0 Å². The van der Waals surface area contributed by atoms with Gasteiger partial charge in [0, 0.05) is 12.3 Å². The van der Waals surface area contributed by atoms with Crippen LogP contribution in [0.15, 0.2) is 4.99 Å². The van der Waals surface area contributed by atoms with Crippen molar-refractivity contribution in [2.75, 3.05) is 6.54 Å². The molecule has 0 saturated carbocycles. The van der Waals surface area contributed by atoms with Crippen LogP contribution in [0.4, 0.5) is 0 Å². The molecule has 0 aromatic carbocycles. The summed E-state index contributed by atoms with van der Waals surface area (Å²) in [5, 5.41) is 8.28. The van der Waals surface area contributed by atoms with Crippen LogP contribution in [0, 0.1) is 0 Å². The molecule has 0 aromatic heterocycles. The van der Waals surface area contributed by atoms with Gasteiger partial charge < -0.3 is 5.11 Å². The number of carbonyl (C=O) groups is 1. The third-order valence-corrected chi connectivity index (χ3v) is 1.13. The van der Waals surface area contributed by atoms with Crippen molar-refractivity contribution in [3.05, 3.63) is 0 Å². The average Bonchev–Trinajstić information content (AvgIpc) is 1.85. The molecule has 3 nitrogen and oxygen atoms in total. The number of hydrogen-bond acceptors (Lipinski definition) is 2. The summed E-state index contributed by atoms with van der Waals surface area (Å²) in [7, 11) is 0. The van der Waals surface area contributed by atoms with Gasteiger partial charge in [0.05, 0.1) is 6.42 Å². The molecule has 0 aliphatic heterocycles. The molecule has 0 amide bonds. The van der Waals surface area contributed by atoms with E-state index in [2.05, 4.69) is 4.99 Å². The topological polar surface area (TPSA) is 49.7 Å². The second-order valence-electron chi connectivity index (χ2n) is 2.10. The van der Waals surface area contributed by atoms with E-state index in [0.29, 0.717) is 6.42 Å². The van der Waals surface area contributed by atoms with Gasteiger partial charge in [-0.15, -0.1) is 0 Å². The highest BCUT2D eigenvalue weighted by Crippen LogP contribution is 1.92. The fraction of sp³-hybridized carbons (Fsp3) is 0.714. The Labute approximate surface area is 60.8 Å². The van der Waals surface area contributed by atoms with Crippen molar-refractivity contribution < 1.29 is 9.90 Å². The zero-order valence-electron chi connectivity index (χ0n) is 6.42. The molecular formula is C7H13NO2. The molecule has 0 spiro atoms. The lowest BCUT2D eigenvalue weighted by molar-refractivity contribution is -0.136. The number of rotatable bonds is 4. The second kappa shape index (κ2) is 4.97. The predicted molar refractivity (Wildman–Crippen MR) is 40.5 cm³/mol. The minimum Gasteiger partial charge on any atom is -0.481 e. The van der Waals surface area contributed by atoms with E-state index in [1.807, 2.05) is 13.8 Å². The van der Waals surface area contributed by atoms with E-state index in [9.17, 15) is 4.79 Å². The summed E-state index contributed by atoms with van der Waals surface area (Å²) in [4.78, 5) is 14.1. The van der Waals surface area contributed by atoms with Crippen LogP contribution in [0.3, 0.4) is 0 Å². The van der Waals surface area contributed by atoms with E-state index >= 15 is 0 Å². The highest BCUT2D eigenvalue weighted by Gasteiger charge is 1.96. The van der Waals surface area contributed by atoms with Gasteiger partial charge in [-0.1, -0.05) is 0 Å². The van der Waals surface area contributed by atoms with Crippen molar-refractivity contribution >= 4 is 11.7 Å². The molecule has 0 atom stereocenters. The van der Waals surface area contributed by atoms with Crippen LogP contribution in [-0.2, 0) is 4.79 Å². The Kier molecular flexibility index (Phi) is 4.54. The van der Waals surface area contributed by atoms with Crippen molar-refractivity contribution in [3.8, 4) is 0 Å². The zero-order valence-corrected chi connectivity index (χ0v) is 6.42. The molecule has 1 N–H and O–H groups in total. The van der Waals surface area contributed by atoms with Crippen LogP contribution in [-0.4, -0.2) is 23.3 Å². The Morgan fingerprint density at radius 1 is 1.50 bits per heavy atom. The first kappa shape index (κ1) is 9.14. The largest absolute Gasteiger partial charge is 0.481 e. The van der Waals surface area contributed by atoms with E-state index in [1.165, 1.54) is 0 Å². The lowest BCUT2D eigenvalue weighted by atomic mass is 10.2. The molecule has 3 heteroatoms. The van der Waals surface area contributed by atoms with Gasteiger partial charge in [-0.05, 0) is 20.3 Å². The molecule has 0 aliphatic carbocycles. The van der Waals surface area contributed by atoms with E-state index < -0.39 is 5.97 Å². The van der Waals surface area contributed by atoms with Crippen LogP contribution >= 0.6 is 0 Å². The first-order chi connectivity index (χ1) is 4.66. The Bertz CT molecular complexity index is 141. The van der Waals surface area contributed by atoms with Gasteiger partial charge in [-0.2, -0.15) is 0 Å². The first-order valence-electron chi connectivity index (χ1n) is 3.38. The maximum atomic E-state index is 10.1. The number of aliphatic carboxylic acids is 1. The highest BCUT2D eigenvalue weighted by molar-refractivity contribution is 5.85. The van der Waals surface area contributed by atoms with Crippen LogP contribution < -0.4 is 0 Å². The van der Waals surface area contributed by atoms with E-state index in [-0.39, 0.29) is 6.42 Å². The number of hydrogen-bond donors (Lipinski definition) is 1. The van der Waals surface area contributed by atoms with Crippen molar-refractivity contribution in [1.82, 2.24) is 0 Å². The maximum Gasteiger partial charge on any atom is 0.303 e. The lowest BCUT2D eigenvalue weighted by Gasteiger charge is -1.94. The summed E-state index contributed by atoms with van der Waals surface area (Å²) in [6.45, 7) is 4.53. The molecule has 0 radical (unpaired) electrons. The van der Waals surface area contributed by atoms with Crippen molar-refractivity contribution in [3.63, 3.8) is 0 Å². The zero-order chi connectivity index (χ0) is 7.98. The minimum absolute atomic E-state index is 0.190. The molecule has 0 fully saturated rings. The number of carboxylic acids is 1. The smallest absolute Gasteiger partial charge is 0.303 e. The summed E-state index contributed by atoms with van der Waals surface area (Å²) in [6.07, 6.45) is 0.762. The van der Waals surface area contributed by atoms with Gasteiger partial charge in [0.15, 0.2) is 0 Å². The van der Waals surface area contributed by atoms with Gasteiger partial charge in [0.1, 0.15) is 0 Å². The molecule has 58 valence electrons. The quantitative estimate of drug-likeness (QED) is 0.603. The van der Waals surface area contributed by atoms with E-state index in [1.54, 1.807) is 0 Å². The fourth-order valence-electron chi connectivity index (χ4n) is 0.637. The lowest BCUT2D eigenvalue weighted by Crippen LogP contribution is -1.99. The molecule has 0 aromatic rings. The van der Waals surface area contributed by atoms with E-state index in [0.717, 1.165) is 12.3 Å². The summed E-state index contributed by atoms with van der Waals surface area (Å²) in [5.41, 5.74) is 0.921.